The highest BCUT2D eigenvalue weighted by Crippen LogP contribution is 2.26. The second-order valence-electron chi connectivity index (χ2n) is 9.34. The van der Waals surface area contributed by atoms with Gasteiger partial charge >= 0.3 is 11.9 Å². The van der Waals surface area contributed by atoms with Crippen LogP contribution in [-0.2, 0) is 14.3 Å². The molecule has 3 aromatic carbocycles. The summed E-state index contributed by atoms with van der Waals surface area (Å²) in [4.78, 5) is 23.0. The molecule has 5 nitrogen and oxygen atoms in total. The summed E-state index contributed by atoms with van der Waals surface area (Å²) in [6.07, 6.45) is 3.67. The Bertz CT molecular complexity index is 1410. The zero-order valence-electron chi connectivity index (χ0n) is 22.9. The molecule has 0 aliphatic carbocycles. The molecule has 6 heteroatoms. The maximum atomic E-state index is 14.8. The third-order valence-corrected chi connectivity index (χ3v) is 5.79. The van der Waals surface area contributed by atoms with E-state index in [2.05, 4.69) is 25.0 Å². The van der Waals surface area contributed by atoms with Crippen molar-refractivity contribution in [2.24, 2.45) is 0 Å². The molecule has 0 heterocycles. The Hall–Kier alpha value is -4.63. The smallest absolute Gasteiger partial charge is 0.338 e. The van der Waals surface area contributed by atoms with Crippen LogP contribution in [0.1, 0.15) is 50.7 Å². The summed E-state index contributed by atoms with van der Waals surface area (Å²) < 4.78 is 30.9. The molecule has 0 radical (unpaired) electrons. The molecule has 0 aliphatic rings. The Balaban J connectivity index is 1.45. The topological polar surface area (TPSA) is 61.8 Å². The normalized spacial score (nSPS) is 10.2. The Morgan fingerprint density at radius 2 is 1.30 bits per heavy atom. The number of hydrogen-bond donors (Lipinski definition) is 0. The minimum Gasteiger partial charge on any atom is -0.494 e. The lowest BCUT2D eigenvalue weighted by Crippen LogP contribution is -2.07. The van der Waals surface area contributed by atoms with Gasteiger partial charge in [-0.05, 0) is 93.6 Å². The van der Waals surface area contributed by atoms with Gasteiger partial charge in [0.1, 0.15) is 17.3 Å². The highest BCUT2D eigenvalue weighted by atomic mass is 19.1. The summed E-state index contributed by atoms with van der Waals surface area (Å²) in [6.45, 7) is 11.3. The first-order chi connectivity index (χ1) is 19.2. The quantitative estimate of drug-likeness (QED) is 0.0786. The standard InChI is InChI=1S/C34H33FO5/c1-24(2)33(36)39-22-8-6-5-7-21-38-29-16-11-26(12-17-29)9-10-27-13-20-31(32(35)23-27)28-14-18-30(19-15-28)40-34(37)25(3)4/h11-20,23H,1,3,5-8,21-22H2,2,4H3. The molecule has 0 saturated carbocycles. The first-order valence-electron chi connectivity index (χ1n) is 13.1. The lowest BCUT2D eigenvalue weighted by Gasteiger charge is -2.07. The molecule has 0 aliphatic heterocycles. The van der Waals surface area contributed by atoms with E-state index in [-0.39, 0.29) is 5.97 Å². The molecule has 0 aromatic heterocycles. The number of rotatable bonds is 12. The number of hydrogen-bond acceptors (Lipinski definition) is 5. The van der Waals surface area contributed by atoms with Gasteiger partial charge in [0.25, 0.3) is 0 Å². The number of benzene rings is 3. The Morgan fingerprint density at radius 3 is 1.93 bits per heavy atom. The Labute approximate surface area is 235 Å². The summed E-state index contributed by atoms with van der Waals surface area (Å²) in [5, 5.41) is 0. The molecule has 0 spiro atoms. The number of carbonyl (C=O) groups is 2. The average molecular weight is 541 g/mol. The lowest BCUT2D eigenvalue weighted by molar-refractivity contribution is -0.139. The van der Waals surface area contributed by atoms with Crippen LogP contribution in [0.25, 0.3) is 11.1 Å². The molecule has 0 saturated heterocycles. The van der Waals surface area contributed by atoms with Crippen LogP contribution in [0, 0.1) is 17.7 Å². The SMILES string of the molecule is C=C(C)C(=O)OCCCCCCOc1ccc(C#Cc2ccc(-c3ccc(OC(=O)C(=C)C)cc3)c(F)c2)cc1. The predicted molar refractivity (Wildman–Crippen MR) is 154 cm³/mol. The first kappa shape index (κ1) is 29.9. The van der Waals surface area contributed by atoms with Crippen LogP contribution < -0.4 is 9.47 Å². The second kappa shape index (κ2) is 15.1. The molecule has 40 heavy (non-hydrogen) atoms. The zero-order chi connectivity index (χ0) is 28.9. The number of unbranched alkanes of at least 4 members (excludes halogenated alkanes) is 3. The highest BCUT2D eigenvalue weighted by molar-refractivity contribution is 5.89. The molecular weight excluding hydrogens is 507 g/mol. The van der Waals surface area contributed by atoms with Gasteiger partial charge in [0.15, 0.2) is 0 Å². The van der Waals surface area contributed by atoms with Gasteiger partial charge in [-0.1, -0.05) is 43.2 Å². The average Bonchev–Trinajstić information content (AvgIpc) is 2.94. The van der Waals surface area contributed by atoms with Crippen LogP contribution in [0.3, 0.4) is 0 Å². The fourth-order valence-electron chi connectivity index (χ4n) is 3.54. The number of carbonyl (C=O) groups excluding carboxylic acids is 2. The van der Waals surface area contributed by atoms with Crippen molar-refractivity contribution >= 4 is 11.9 Å². The van der Waals surface area contributed by atoms with Crippen molar-refractivity contribution in [3.63, 3.8) is 0 Å². The van der Waals surface area contributed by atoms with E-state index in [4.69, 9.17) is 14.2 Å². The van der Waals surface area contributed by atoms with E-state index in [1.165, 1.54) is 6.07 Å². The maximum Gasteiger partial charge on any atom is 0.338 e. The number of halogens is 1. The summed E-state index contributed by atoms with van der Waals surface area (Å²) in [5.74, 6) is 5.94. The van der Waals surface area contributed by atoms with Gasteiger partial charge in [-0.2, -0.15) is 0 Å². The predicted octanol–water partition coefficient (Wildman–Crippen LogP) is 7.43. The zero-order valence-corrected chi connectivity index (χ0v) is 22.9. The number of ether oxygens (including phenoxy) is 3. The second-order valence-corrected chi connectivity index (χ2v) is 9.34. The molecule has 206 valence electrons. The summed E-state index contributed by atoms with van der Waals surface area (Å²) >= 11 is 0. The van der Waals surface area contributed by atoms with E-state index >= 15 is 0 Å². The highest BCUT2D eigenvalue weighted by Gasteiger charge is 2.09. The molecular formula is C34H33FO5. The fourth-order valence-corrected chi connectivity index (χ4v) is 3.54. The van der Waals surface area contributed by atoms with Crippen LogP contribution in [-0.4, -0.2) is 25.2 Å². The van der Waals surface area contributed by atoms with Crippen molar-refractivity contribution in [1.82, 2.24) is 0 Å². The molecule has 0 fully saturated rings. The van der Waals surface area contributed by atoms with Gasteiger partial charge in [-0.15, -0.1) is 0 Å². The van der Waals surface area contributed by atoms with Crippen LogP contribution in [0.5, 0.6) is 11.5 Å². The minimum absolute atomic E-state index is 0.302. The van der Waals surface area contributed by atoms with Crippen molar-refractivity contribution < 1.29 is 28.2 Å². The number of esters is 2. The van der Waals surface area contributed by atoms with E-state index in [1.54, 1.807) is 50.2 Å². The third-order valence-electron chi connectivity index (χ3n) is 5.79. The van der Waals surface area contributed by atoms with E-state index < -0.39 is 11.8 Å². The summed E-state index contributed by atoms with van der Waals surface area (Å²) in [7, 11) is 0. The maximum absolute atomic E-state index is 14.8. The van der Waals surface area contributed by atoms with Gasteiger partial charge in [0.2, 0.25) is 0 Å². The third kappa shape index (κ3) is 9.59. The van der Waals surface area contributed by atoms with Gasteiger partial charge in [0, 0.05) is 27.8 Å². The van der Waals surface area contributed by atoms with Crippen LogP contribution >= 0.6 is 0 Å². The van der Waals surface area contributed by atoms with Crippen molar-refractivity contribution in [3.8, 4) is 34.5 Å². The Kier molecular flexibility index (Phi) is 11.3. The van der Waals surface area contributed by atoms with E-state index in [9.17, 15) is 14.0 Å². The van der Waals surface area contributed by atoms with Crippen LogP contribution in [0.15, 0.2) is 91.0 Å². The molecule has 0 bridgehead atoms. The van der Waals surface area contributed by atoms with Crippen molar-refractivity contribution in [1.29, 1.82) is 0 Å². The minimum atomic E-state index is -0.506. The largest absolute Gasteiger partial charge is 0.494 e. The lowest BCUT2D eigenvalue weighted by atomic mass is 10.0. The van der Waals surface area contributed by atoms with Crippen molar-refractivity contribution in [2.75, 3.05) is 13.2 Å². The molecule has 0 amide bonds. The molecule has 0 unspecified atom stereocenters. The molecule has 0 N–H and O–H groups in total. The summed E-state index contributed by atoms with van der Waals surface area (Å²) in [5.41, 5.74) is 3.15. The van der Waals surface area contributed by atoms with E-state index in [0.29, 0.717) is 46.8 Å². The van der Waals surface area contributed by atoms with E-state index in [1.807, 2.05) is 24.3 Å². The van der Waals surface area contributed by atoms with Gasteiger partial charge < -0.3 is 14.2 Å². The molecule has 3 rings (SSSR count). The fraction of sp³-hybridized carbons (Fsp3) is 0.235. The van der Waals surface area contributed by atoms with E-state index in [0.717, 1.165) is 37.0 Å². The van der Waals surface area contributed by atoms with Gasteiger partial charge in [-0.3, -0.25) is 0 Å². The van der Waals surface area contributed by atoms with Crippen LogP contribution in [0.2, 0.25) is 0 Å². The Morgan fingerprint density at radius 1 is 0.725 bits per heavy atom. The van der Waals surface area contributed by atoms with Crippen LogP contribution in [0.4, 0.5) is 4.39 Å². The molecule has 3 aromatic rings. The molecule has 0 atom stereocenters. The monoisotopic (exact) mass is 540 g/mol. The van der Waals surface area contributed by atoms with Gasteiger partial charge in [-0.25, -0.2) is 14.0 Å². The first-order valence-corrected chi connectivity index (χ1v) is 13.1. The summed E-state index contributed by atoms with van der Waals surface area (Å²) in [6, 6.07) is 18.9. The van der Waals surface area contributed by atoms with Gasteiger partial charge in [0.05, 0.1) is 13.2 Å². The van der Waals surface area contributed by atoms with Crippen molar-refractivity contribution in [3.05, 3.63) is 108 Å². The van der Waals surface area contributed by atoms with Crippen molar-refractivity contribution in [2.45, 2.75) is 39.5 Å².